The zero-order valence-corrected chi connectivity index (χ0v) is 12.5. The summed E-state index contributed by atoms with van der Waals surface area (Å²) in [6, 6.07) is 13.4. The molecule has 3 heteroatoms. The topological polar surface area (TPSA) is 21.3 Å². The number of ether oxygens (including phenoxy) is 1. The molecule has 0 amide bonds. The van der Waals surface area contributed by atoms with Gasteiger partial charge < -0.3 is 10.1 Å². The first-order valence-electron chi connectivity index (χ1n) is 6.68. The molecule has 2 atom stereocenters. The highest BCUT2D eigenvalue weighted by atomic mass is 32.1. The van der Waals surface area contributed by atoms with E-state index in [0.29, 0.717) is 12.1 Å². The molecule has 2 unspecified atom stereocenters. The van der Waals surface area contributed by atoms with Crippen molar-refractivity contribution in [3.05, 3.63) is 52.2 Å². The lowest BCUT2D eigenvalue weighted by Gasteiger charge is -2.22. The van der Waals surface area contributed by atoms with Gasteiger partial charge in [0.25, 0.3) is 0 Å². The Morgan fingerprint density at radius 1 is 1.21 bits per heavy atom. The summed E-state index contributed by atoms with van der Waals surface area (Å²) in [7, 11) is 1.70. The molecule has 0 fully saturated rings. The number of methoxy groups -OCH3 is 1. The Morgan fingerprint density at radius 3 is 2.47 bits per heavy atom. The van der Waals surface area contributed by atoms with Crippen molar-refractivity contribution >= 4 is 11.3 Å². The van der Waals surface area contributed by atoms with Gasteiger partial charge in [-0.15, -0.1) is 11.3 Å². The van der Waals surface area contributed by atoms with E-state index in [2.05, 4.69) is 48.8 Å². The van der Waals surface area contributed by atoms with Gasteiger partial charge in [-0.2, -0.15) is 0 Å². The van der Waals surface area contributed by atoms with Gasteiger partial charge in [-0.3, -0.25) is 0 Å². The van der Waals surface area contributed by atoms with Gasteiger partial charge in [0.1, 0.15) is 5.75 Å². The molecule has 2 nitrogen and oxygen atoms in total. The number of hydrogen-bond donors (Lipinski definition) is 1. The van der Waals surface area contributed by atoms with Gasteiger partial charge in [-0.25, -0.2) is 0 Å². The molecular weight excluding hydrogens is 254 g/mol. The Hall–Kier alpha value is -1.32. The molecule has 0 radical (unpaired) electrons. The molecule has 0 aliphatic carbocycles. The van der Waals surface area contributed by atoms with Crippen LogP contribution in [-0.4, -0.2) is 7.11 Å². The molecular formula is C16H21NOS. The number of benzene rings is 1. The van der Waals surface area contributed by atoms with E-state index in [4.69, 9.17) is 4.74 Å². The Labute approximate surface area is 119 Å². The van der Waals surface area contributed by atoms with Crippen molar-refractivity contribution in [1.29, 1.82) is 0 Å². The van der Waals surface area contributed by atoms with Crippen LogP contribution >= 0.6 is 11.3 Å². The predicted molar refractivity (Wildman–Crippen MR) is 81.9 cm³/mol. The summed E-state index contributed by atoms with van der Waals surface area (Å²) in [5, 5.41) is 5.82. The quantitative estimate of drug-likeness (QED) is 0.834. The average molecular weight is 275 g/mol. The summed E-state index contributed by atoms with van der Waals surface area (Å²) >= 11 is 1.80. The molecule has 0 aliphatic heterocycles. The van der Waals surface area contributed by atoms with E-state index in [1.807, 2.05) is 12.1 Å². The number of rotatable bonds is 6. The number of hydrogen-bond acceptors (Lipinski definition) is 3. The summed E-state index contributed by atoms with van der Waals surface area (Å²) in [5.41, 5.74) is 1.31. The van der Waals surface area contributed by atoms with E-state index < -0.39 is 0 Å². The number of nitrogens with one attached hydrogen (secondary N) is 1. The summed E-state index contributed by atoms with van der Waals surface area (Å²) in [4.78, 5) is 1.38. The van der Waals surface area contributed by atoms with Crippen LogP contribution in [0.2, 0.25) is 0 Å². The second-order valence-electron chi connectivity index (χ2n) is 4.64. The van der Waals surface area contributed by atoms with E-state index >= 15 is 0 Å². The maximum absolute atomic E-state index is 5.20. The van der Waals surface area contributed by atoms with Crippen LogP contribution < -0.4 is 10.1 Å². The molecule has 1 heterocycles. The summed E-state index contributed by atoms with van der Waals surface area (Å²) in [6.45, 7) is 4.43. The second-order valence-corrected chi connectivity index (χ2v) is 5.62. The Bertz CT molecular complexity index is 478. The third-order valence-electron chi connectivity index (χ3n) is 3.35. The second kappa shape index (κ2) is 6.73. The van der Waals surface area contributed by atoms with Crippen LogP contribution in [0.25, 0.3) is 0 Å². The average Bonchev–Trinajstić information content (AvgIpc) is 2.99. The lowest BCUT2D eigenvalue weighted by Crippen LogP contribution is -2.23. The fourth-order valence-electron chi connectivity index (χ4n) is 2.21. The first kappa shape index (κ1) is 14.1. The van der Waals surface area contributed by atoms with Crippen LogP contribution in [-0.2, 0) is 0 Å². The molecule has 0 bridgehead atoms. The molecule has 1 aromatic carbocycles. The Morgan fingerprint density at radius 2 is 1.95 bits per heavy atom. The highest BCUT2D eigenvalue weighted by Gasteiger charge is 2.14. The molecule has 2 rings (SSSR count). The van der Waals surface area contributed by atoms with Gasteiger partial charge in [0, 0.05) is 17.0 Å². The van der Waals surface area contributed by atoms with Crippen molar-refractivity contribution < 1.29 is 4.74 Å². The Kier molecular flexibility index (Phi) is 5.00. The van der Waals surface area contributed by atoms with Crippen molar-refractivity contribution in [3.8, 4) is 5.75 Å². The monoisotopic (exact) mass is 275 g/mol. The zero-order chi connectivity index (χ0) is 13.7. The maximum atomic E-state index is 5.20. The van der Waals surface area contributed by atoms with Crippen LogP contribution in [0.1, 0.15) is 42.8 Å². The molecule has 0 saturated heterocycles. The van der Waals surface area contributed by atoms with Crippen LogP contribution in [0.3, 0.4) is 0 Å². The molecule has 1 aromatic heterocycles. The highest BCUT2D eigenvalue weighted by molar-refractivity contribution is 7.10. The molecule has 1 N–H and O–H groups in total. The molecule has 0 spiro atoms. The normalized spacial score (nSPS) is 14.1. The van der Waals surface area contributed by atoms with E-state index in [1.54, 1.807) is 18.4 Å². The lowest BCUT2D eigenvalue weighted by molar-refractivity contribution is 0.413. The van der Waals surface area contributed by atoms with Crippen molar-refractivity contribution in [3.63, 3.8) is 0 Å². The maximum Gasteiger partial charge on any atom is 0.118 e. The fraction of sp³-hybridized carbons (Fsp3) is 0.375. The predicted octanol–water partition coefficient (Wildman–Crippen LogP) is 4.56. The molecule has 19 heavy (non-hydrogen) atoms. The van der Waals surface area contributed by atoms with E-state index in [0.717, 1.165) is 12.2 Å². The lowest BCUT2D eigenvalue weighted by atomic mass is 10.0. The van der Waals surface area contributed by atoms with Crippen molar-refractivity contribution in [2.24, 2.45) is 0 Å². The highest BCUT2D eigenvalue weighted by Crippen LogP contribution is 2.25. The third-order valence-corrected chi connectivity index (χ3v) is 4.40. The van der Waals surface area contributed by atoms with Crippen molar-refractivity contribution in [1.82, 2.24) is 5.32 Å². The minimum absolute atomic E-state index is 0.378. The van der Waals surface area contributed by atoms with E-state index in [-0.39, 0.29) is 0 Å². The zero-order valence-electron chi connectivity index (χ0n) is 11.7. The van der Waals surface area contributed by atoms with Crippen LogP contribution in [0.5, 0.6) is 5.75 Å². The first-order valence-corrected chi connectivity index (χ1v) is 7.56. The van der Waals surface area contributed by atoms with E-state index in [9.17, 15) is 0 Å². The molecule has 0 saturated carbocycles. The molecule has 0 aliphatic rings. The summed E-state index contributed by atoms with van der Waals surface area (Å²) in [6.07, 6.45) is 1.07. The largest absolute Gasteiger partial charge is 0.497 e. The van der Waals surface area contributed by atoms with Gasteiger partial charge in [-0.05, 0) is 42.5 Å². The summed E-state index contributed by atoms with van der Waals surface area (Å²) in [5.74, 6) is 0.907. The van der Waals surface area contributed by atoms with Crippen LogP contribution in [0, 0.1) is 0 Å². The van der Waals surface area contributed by atoms with Gasteiger partial charge in [-0.1, -0.05) is 25.1 Å². The molecule has 2 aromatic rings. The first-order chi connectivity index (χ1) is 9.24. The number of thiophene rings is 1. The summed E-state index contributed by atoms with van der Waals surface area (Å²) < 4.78 is 5.20. The van der Waals surface area contributed by atoms with E-state index in [1.165, 1.54) is 10.4 Å². The van der Waals surface area contributed by atoms with Crippen LogP contribution in [0.15, 0.2) is 41.8 Å². The smallest absolute Gasteiger partial charge is 0.118 e. The van der Waals surface area contributed by atoms with Gasteiger partial charge in [0.2, 0.25) is 0 Å². The standard InChI is InChI=1S/C16H21NOS/c1-4-15(13-7-9-14(18-3)10-8-13)17-12(2)16-6-5-11-19-16/h5-12,15,17H,4H2,1-3H3. The minimum Gasteiger partial charge on any atom is -0.497 e. The van der Waals surface area contributed by atoms with Gasteiger partial charge >= 0.3 is 0 Å². The van der Waals surface area contributed by atoms with Gasteiger partial charge in [0.05, 0.1) is 7.11 Å². The Balaban J connectivity index is 2.06. The minimum atomic E-state index is 0.378. The van der Waals surface area contributed by atoms with Crippen molar-refractivity contribution in [2.45, 2.75) is 32.4 Å². The van der Waals surface area contributed by atoms with Crippen molar-refractivity contribution in [2.75, 3.05) is 7.11 Å². The van der Waals surface area contributed by atoms with Crippen LogP contribution in [0.4, 0.5) is 0 Å². The SMILES string of the molecule is CCC(NC(C)c1cccs1)c1ccc(OC)cc1. The third kappa shape index (κ3) is 3.58. The fourth-order valence-corrected chi connectivity index (χ4v) is 2.95. The molecule has 102 valence electrons. The van der Waals surface area contributed by atoms with Gasteiger partial charge in [0.15, 0.2) is 0 Å².